The van der Waals surface area contributed by atoms with Crippen LogP contribution >= 0.6 is 0 Å². The Kier molecular flexibility index (Phi) is 12.2. The maximum absolute atomic E-state index is 2.18. The van der Waals surface area contributed by atoms with Gasteiger partial charge < -0.3 is 0 Å². The van der Waals surface area contributed by atoms with Gasteiger partial charge in [0.05, 0.1) is 0 Å². The van der Waals surface area contributed by atoms with Crippen molar-refractivity contribution in [2.75, 3.05) is 0 Å². The van der Waals surface area contributed by atoms with Crippen molar-refractivity contribution < 1.29 is 16.5 Å². The molecular formula is C16H20Ni. The molecule has 0 heterocycles. The predicted octanol–water partition coefficient (Wildman–Crippen LogP) is 4.90. The SMILES string of the molecule is C1=C/C=C\CCC=C1.C1=C/C=C\CCC=C1.[Ni]. The first-order valence-corrected chi connectivity index (χ1v) is 5.97. The third-order valence-corrected chi connectivity index (χ3v) is 2.21. The zero-order chi connectivity index (χ0) is 11.3. The van der Waals surface area contributed by atoms with E-state index in [4.69, 9.17) is 0 Å². The van der Waals surface area contributed by atoms with Crippen LogP contribution in [-0.2, 0) is 16.5 Å². The van der Waals surface area contributed by atoms with Gasteiger partial charge in [-0.05, 0) is 25.7 Å². The molecule has 0 bridgehead atoms. The first kappa shape index (κ1) is 15.9. The van der Waals surface area contributed by atoms with Gasteiger partial charge in [-0.25, -0.2) is 0 Å². The molecule has 0 nitrogen and oxygen atoms in total. The van der Waals surface area contributed by atoms with Crippen LogP contribution in [0.15, 0.2) is 72.9 Å². The van der Waals surface area contributed by atoms with E-state index in [0.29, 0.717) is 0 Å². The molecule has 0 aromatic rings. The largest absolute Gasteiger partial charge is 0.0842 e. The molecule has 0 unspecified atom stereocenters. The Morgan fingerprint density at radius 1 is 0.353 bits per heavy atom. The summed E-state index contributed by atoms with van der Waals surface area (Å²) in [6.07, 6.45) is 30.0. The summed E-state index contributed by atoms with van der Waals surface area (Å²) in [6.45, 7) is 0. The van der Waals surface area contributed by atoms with Crippen LogP contribution < -0.4 is 0 Å². The summed E-state index contributed by atoms with van der Waals surface area (Å²) in [5.41, 5.74) is 0. The average Bonchev–Trinajstić information content (AvgIpc) is 2.15. The minimum Gasteiger partial charge on any atom is -0.0842 e. The molecule has 0 N–H and O–H groups in total. The van der Waals surface area contributed by atoms with Gasteiger partial charge in [0.1, 0.15) is 0 Å². The van der Waals surface area contributed by atoms with E-state index in [-0.39, 0.29) is 16.5 Å². The second-order valence-electron chi connectivity index (χ2n) is 3.64. The van der Waals surface area contributed by atoms with E-state index in [2.05, 4.69) is 72.9 Å². The topological polar surface area (TPSA) is 0 Å². The van der Waals surface area contributed by atoms with E-state index in [0.717, 1.165) is 0 Å². The van der Waals surface area contributed by atoms with E-state index < -0.39 is 0 Å². The normalized spacial score (nSPS) is 20.7. The van der Waals surface area contributed by atoms with Gasteiger partial charge in [-0.1, -0.05) is 72.9 Å². The Bertz CT molecular complexity index is 261. The van der Waals surface area contributed by atoms with Crippen molar-refractivity contribution in [3.05, 3.63) is 72.9 Å². The third-order valence-electron chi connectivity index (χ3n) is 2.21. The summed E-state index contributed by atoms with van der Waals surface area (Å²) in [4.78, 5) is 0. The van der Waals surface area contributed by atoms with Crippen molar-refractivity contribution in [3.8, 4) is 0 Å². The van der Waals surface area contributed by atoms with Crippen molar-refractivity contribution in [1.82, 2.24) is 0 Å². The van der Waals surface area contributed by atoms with Crippen LogP contribution in [-0.4, -0.2) is 0 Å². The number of allylic oxidation sites excluding steroid dienone is 12. The molecule has 0 aromatic carbocycles. The molecule has 0 atom stereocenters. The molecule has 0 radical (unpaired) electrons. The summed E-state index contributed by atoms with van der Waals surface area (Å²) >= 11 is 0. The number of hydrogen-bond acceptors (Lipinski definition) is 0. The van der Waals surface area contributed by atoms with Crippen LogP contribution in [0.2, 0.25) is 0 Å². The molecule has 0 aromatic heterocycles. The average molecular weight is 271 g/mol. The molecule has 2 aliphatic carbocycles. The standard InChI is InChI=1S/2C8H10.Ni/c2*1-2-4-6-8-7-5-3-1;/h2*1-6H,7-8H2;/b2*2-1?,5-3-,6-4?;. The van der Waals surface area contributed by atoms with Gasteiger partial charge in [-0.15, -0.1) is 0 Å². The fraction of sp³-hybridized carbons (Fsp3) is 0.250. The van der Waals surface area contributed by atoms with E-state index in [1.165, 1.54) is 25.7 Å². The minimum absolute atomic E-state index is 0. The summed E-state index contributed by atoms with van der Waals surface area (Å²) in [6, 6.07) is 0. The molecule has 2 rings (SSSR count). The van der Waals surface area contributed by atoms with Gasteiger partial charge in [0.2, 0.25) is 0 Å². The molecule has 2 aliphatic rings. The Hall–Kier alpha value is -1.07. The summed E-state index contributed by atoms with van der Waals surface area (Å²) in [5, 5.41) is 0. The third kappa shape index (κ3) is 11.2. The molecule has 1 heteroatoms. The summed E-state index contributed by atoms with van der Waals surface area (Å²) in [5.74, 6) is 0. The Morgan fingerprint density at radius 2 is 0.588 bits per heavy atom. The fourth-order valence-electron chi connectivity index (χ4n) is 1.34. The monoisotopic (exact) mass is 270 g/mol. The maximum Gasteiger partial charge on any atom is 0 e. The Balaban J connectivity index is 0.000000284. The fourth-order valence-corrected chi connectivity index (χ4v) is 1.34. The van der Waals surface area contributed by atoms with Gasteiger partial charge in [0.25, 0.3) is 0 Å². The molecule has 17 heavy (non-hydrogen) atoms. The first-order valence-electron chi connectivity index (χ1n) is 5.97. The van der Waals surface area contributed by atoms with Gasteiger partial charge in [-0.3, -0.25) is 0 Å². The van der Waals surface area contributed by atoms with Crippen LogP contribution in [0.5, 0.6) is 0 Å². The molecule has 0 spiro atoms. The van der Waals surface area contributed by atoms with E-state index >= 15 is 0 Å². The van der Waals surface area contributed by atoms with Crippen LogP contribution in [0.25, 0.3) is 0 Å². The number of rotatable bonds is 0. The van der Waals surface area contributed by atoms with Crippen molar-refractivity contribution >= 4 is 0 Å². The smallest absolute Gasteiger partial charge is 0 e. The Labute approximate surface area is 115 Å². The Morgan fingerprint density at radius 3 is 0.824 bits per heavy atom. The quantitative estimate of drug-likeness (QED) is 0.550. The van der Waals surface area contributed by atoms with Crippen LogP contribution in [0.4, 0.5) is 0 Å². The van der Waals surface area contributed by atoms with Crippen molar-refractivity contribution in [2.24, 2.45) is 0 Å². The molecule has 0 aliphatic heterocycles. The van der Waals surface area contributed by atoms with Gasteiger partial charge in [0.15, 0.2) is 0 Å². The van der Waals surface area contributed by atoms with Crippen LogP contribution in [0.3, 0.4) is 0 Å². The molecule has 0 saturated heterocycles. The zero-order valence-electron chi connectivity index (χ0n) is 10.1. The minimum atomic E-state index is 0. The van der Waals surface area contributed by atoms with E-state index in [9.17, 15) is 0 Å². The molecular weight excluding hydrogens is 251 g/mol. The van der Waals surface area contributed by atoms with Crippen molar-refractivity contribution in [1.29, 1.82) is 0 Å². The summed E-state index contributed by atoms with van der Waals surface area (Å²) < 4.78 is 0. The van der Waals surface area contributed by atoms with Crippen molar-refractivity contribution in [3.63, 3.8) is 0 Å². The van der Waals surface area contributed by atoms with Gasteiger partial charge >= 0.3 is 0 Å². The van der Waals surface area contributed by atoms with Gasteiger partial charge in [0, 0.05) is 16.5 Å². The predicted molar refractivity (Wildman–Crippen MR) is 73.3 cm³/mol. The first-order chi connectivity index (χ1) is 8.00. The van der Waals surface area contributed by atoms with Crippen LogP contribution in [0.1, 0.15) is 25.7 Å². The maximum atomic E-state index is 2.18. The van der Waals surface area contributed by atoms with E-state index in [1.807, 2.05) is 0 Å². The second-order valence-corrected chi connectivity index (χ2v) is 3.64. The second kappa shape index (κ2) is 13.0. The molecule has 0 saturated carbocycles. The summed E-state index contributed by atoms with van der Waals surface area (Å²) in [7, 11) is 0. The number of hydrogen-bond donors (Lipinski definition) is 0. The van der Waals surface area contributed by atoms with E-state index in [1.54, 1.807) is 0 Å². The molecule has 0 fully saturated rings. The van der Waals surface area contributed by atoms with Crippen molar-refractivity contribution in [2.45, 2.75) is 25.7 Å². The molecule has 94 valence electrons. The molecule has 0 amide bonds. The van der Waals surface area contributed by atoms with Crippen LogP contribution in [0, 0.1) is 0 Å². The zero-order valence-corrected chi connectivity index (χ0v) is 11.1. The van der Waals surface area contributed by atoms with Gasteiger partial charge in [-0.2, -0.15) is 0 Å².